The Balaban J connectivity index is 1.50. The number of fused-ring (bicyclic) bond motifs is 3. The molecule has 1 N–H and O–H groups in total. The molecule has 4 rings (SSSR count). The number of aromatic nitrogens is 2. The number of benzene rings is 2. The zero-order valence-corrected chi connectivity index (χ0v) is 14.4. The number of hydrogen-bond acceptors (Lipinski definition) is 4. The van der Waals surface area contributed by atoms with E-state index in [1.54, 1.807) is 10.9 Å². The van der Waals surface area contributed by atoms with Crippen LogP contribution in [0.15, 0.2) is 54.7 Å². The smallest absolute Gasteiger partial charge is 0.246 e. The topological polar surface area (TPSA) is 65.4 Å². The number of carbonyl (C=O) groups excluding carboxylic acids is 1. The van der Waals surface area contributed by atoms with Crippen molar-refractivity contribution < 1.29 is 14.3 Å². The van der Waals surface area contributed by atoms with Crippen molar-refractivity contribution >= 4 is 11.6 Å². The van der Waals surface area contributed by atoms with Gasteiger partial charge in [0.15, 0.2) is 0 Å². The van der Waals surface area contributed by atoms with Crippen molar-refractivity contribution in [2.24, 2.45) is 0 Å². The Morgan fingerprint density at radius 1 is 1.23 bits per heavy atom. The van der Waals surface area contributed by atoms with Crippen molar-refractivity contribution in [1.82, 2.24) is 9.78 Å². The molecular weight excluding hydrogens is 330 g/mol. The molecule has 1 aliphatic rings. The van der Waals surface area contributed by atoms with Crippen LogP contribution in [-0.2, 0) is 17.9 Å². The van der Waals surface area contributed by atoms with E-state index in [1.807, 2.05) is 55.5 Å². The first-order valence-corrected chi connectivity index (χ1v) is 8.54. The SMILES string of the molecule is CCOc1ccc(NC(=O)Cn2ncc3c2-c2ccccc2OC3)cc1. The number of anilines is 1. The molecule has 1 aliphatic heterocycles. The first-order valence-electron chi connectivity index (χ1n) is 8.54. The van der Waals surface area contributed by atoms with Gasteiger partial charge in [0.2, 0.25) is 5.91 Å². The summed E-state index contributed by atoms with van der Waals surface area (Å²) < 4.78 is 12.9. The second-order valence-electron chi connectivity index (χ2n) is 5.97. The molecule has 26 heavy (non-hydrogen) atoms. The molecule has 0 fully saturated rings. The number of para-hydroxylation sites is 1. The molecule has 2 aromatic carbocycles. The highest BCUT2D eigenvalue weighted by molar-refractivity contribution is 5.91. The van der Waals surface area contributed by atoms with Crippen LogP contribution in [0, 0.1) is 0 Å². The molecule has 0 atom stereocenters. The lowest BCUT2D eigenvalue weighted by molar-refractivity contribution is -0.116. The third-order valence-electron chi connectivity index (χ3n) is 4.18. The average molecular weight is 349 g/mol. The molecule has 0 aliphatic carbocycles. The van der Waals surface area contributed by atoms with Gasteiger partial charge in [-0.25, -0.2) is 0 Å². The normalized spacial score (nSPS) is 11.9. The lowest BCUT2D eigenvalue weighted by Gasteiger charge is -2.19. The molecule has 0 saturated heterocycles. The molecule has 1 amide bonds. The fourth-order valence-corrected chi connectivity index (χ4v) is 3.04. The number of hydrogen-bond donors (Lipinski definition) is 1. The number of carbonyl (C=O) groups is 1. The molecule has 0 radical (unpaired) electrons. The summed E-state index contributed by atoms with van der Waals surface area (Å²) >= 11 is 0. The lowest BCUT2D eigenvalue weighted by atomic mass is 10.0. The van der Waals surface area contributed by atoms with Gasteiger partial charge in [-0.05, 0) is 43.3 Å². The molecule has 6 nitrogen and oxygen atoms in total. The van der Waals surface area contributed by atoms with E-state index in [2.05, 4.69) is 10.4 Å². The van der Waals surface area contributed by atoms with E-state index in [1.165, 1.54) is 0 Å². The second kappa shape index (κ2) is 6.92. The standard InChI is InChI=1S/C20H19N3O3/c1-2-25-16-9-7-15(8-10-16)22-19(24)12-23-20-14(11-21-23)13-26-18-6-4-3-5-17(18)20/h3-11H,2,12-13H2,1H3,(H,22,24). The van der Waals surface area contributed by atoms with Crippen molar-refractivity contribution in [1.29, 1.82) is 0 Å². The molecule has 1 aromatic heterocycles. The van der Waals surface area contributed by atoms with Crippen LogP contribution in [0.3, 0.4) is 0 Å². The summed E-state index contributed by atoms with van der Waals surface area (Å²) in [5, 5.41) is 7.27. The van der Waals surface area contributed by atoms with Gasteiger partial charge in [0.25, 0.3) is 0 Å². The predicted octanol–water partition coefficient (Wildman–Crippen LogP) is 3.48. The maximum Gasteiger partial charge on any atom is 0.246 e. The minimum atomic E-state index is -0.135. The molecule has 0 bridgehead atoms. The second-order valence-corrected chi connectivity index (χ2v) is 5.97. The van der Waals surface area contributed by atoms with Crippen molar-refractivity contribution in [2.75, 3.05) is 11.9 Å². The fraction of sp³-hybridized carbons (Fsp3) is 0.200. The van der Waals surface area contributed by atoms with Crippen molar-refractivity contribution in [3.63, 3.8) is 0 Å². The van der Waals surface area contributed by atoms with E-state index in [4.69, 9.17) is 9.47 Å². The van der Waals surface area contributed by atoms with Crippen LogP contribution in [0.5, 0.6) is 11.5 Å². The quantitative estimate of drug-likeness (QED) is 0.766. The van der Waals surface area contributed by atoms with Gasteiger partial charge in [-0.15, -0.1) is 0 Å². The molecular formula is C20H19N3O3. The first kappa shape index (κ1) is 16.2. The highest BCUT2D eigenvalue weighted by atomic mass is 16.5. The Kier molecular flexibility index (Phi) is 4.31. The molecule has 2 heterocycles. The highest BCUT2D eigenvalue weighted by Crippen LogP contribution is 2.36. The van der Waals surface area contributed by atoms with Gasteiger partial charge < -0.3 is 14.8 Å². The van der Waals surface area contributed by atoms with Crippen LogP contribution in [-0.4, -0.2) is 22.3 Å². The van der Waals surface area contributed by atoms with Crippen molar-refractivity contribution in [3.8, 4) is 22.8 Å². The molecule has 0 saturated carbocycles. The van der Waals surface area contributed by atoms with Gasteiger partial charge >= 0.3 is 0 Å². The minimum Gasteiger partial charge on any atom is -0.494 e. The molecule has 132 valence electrons. The van der Waals surface area contributed by atoms with E-state index < -0.39 is 0 Å². The number of nitrogens with one attached hydrogen (secondary N) is 1. The fourth-order valence-electron chi connectivity index (χ4n) is 3.04. The number of ether oxygens (including phenoxy) is 2. The zero-order chi connectivity index (χ0) is 17.9. The van der Waals surface area contributed by atoms with Gasteiger partial charge in [-0.3, -0.25) is 9.48 Å². The monoisotopic (exact) mass is 349 g/mol. The maximum absolute atomic E-state index is 12.5. The number of amides is 1. The summed E-state index contributed by atoms with van der Waals surface area (Å²) in [6.45, 7) is 3.15. The summed E-state index contributed by atoms with van der Waals surface area (Å²) in [5.41, 5.74) is 3.61. The Hall–Kier alpha value is -3.28. The third kappa shape index (κ3) is 3.13. The molecule has 3 aromatic rings. The first-order chi connectivity index (χ1) is 12.7. The van der Waals surface area contributed by atoms with E-state index >= 15 is 0 Å². The van der Waals surface area contributed by atoms with Crippen LogP contribution < -0.4 is 14.8 Å². The zero-order valence-electron chi connectivity index (χ0n) is 14.4. The Morgan fingerprint density at radius 3 is 2.85 bits per heavy atom. The number of nitrogens with zero attached hydrogens (tertiary/aromatic N) is 2. The van der Waals surface area contributed by atoms with Gasteiger partial charge in [-0.2, -0.15) is 5.10 Å². The predicted molar refractivity (Wildman–Crippen MR) is 98.2 cm³/mol. The molecule has 6 heteroatoms. The summed E-state index contributed by atoms with van der Waals surface area (Å²) in [7, 11) is 0. The highest BCUT2D eigenvalue weighted by Gasteiger charge is 2.22. The van der Waals surface area contributed by atoms with Crippen LogP contribution in [0.1, 0.15) is 12.5 Å². The van der Waals surface area contributed by atoms with Crippen molar-refractivity contribution in [3.05, 3.63) is 60.3 Å². The van der Waals surface area contributed by atoms with Gasteiger partial charge in [0.1, 0.15) is 24.7 Å². The van der Waals surface area contributed by atoms with Crippen LogP contribution >= 0.6 is 0 Å². The number of rotatable bonds is 5. The maximum atomic E-state index is 12.5. The minimum absolute atomic E-state index is 0.135. The van der Waals surface area contributed by atoms with Gasteiger partial charge in [0, 0.05) is 16.8 Å². The summed E-state index contributed by atoms with van der Waals surface area (Å²) in [5.74, 6) is 1.46. The summed E-state index contributed by atoms with van der Waals surface area (Å²) in [6, 6.07) is 15.1. The van der Waals surface area contributed by atoms with Gasteiger partial charge in [-0.1, -0.05) is 12.1 Å². The Bertz CT molecular complexity index is 932. The lowest BCUT2D eigenvalue weighted by Crippen LogP contribution is -2.20. The van der Waals surface area contributed by atoms with Crippen LogP contribution in [0.4, 0.5) is 5.69 Å². The molecule has 0 unspecified atom stereocenters. The summed E-state index contributed by atoms with van der Waals surface area (Å²) in [6.07, 6.45) is 1.76. The Morgan fingerprint density at radius 2 is 2.04 bits per heavy atom. The van der Waals surface area contributed by atoms with E-state index in [0.29, 0.717) is 13.2 Å². The van der Waals surface area contributed by atoms with Gasteiger partial charge in [0.05, 0.1) is 18.5 Å². The van der Waals surface area contributed by atoms with E-state index in [0.717, 1.165) is 34.0 Å². The van der Waals surface area contributed by atoms with E-state index in [9.17, 15) is 4.79 Å². The Labute approximate surface area is 151 Å². The largest absolute Gasteiger partial charge is 0.494 e. The van der Waals surface area contributed by atoms with Crippen LogP contribution in [0.25, 0.3) is 11.3 Å². The van der Waals surface area contributed by atoms with Crippen LogP contribution in [0.2, 0.25) is 0 Å². The molecule has 0 spiro atoms. The van der Waals surface area contributed by atoms with E-state index in [-0.39, 0.29) is 12.5 Å². The summed E-state index contributed by atoms with van der Waals surface area (Å²) in [4.78, 5) is 12.5. The van der Waals surface area contributed by atoms with Crippen molar-refractivity contribution in [2.45, 2.75) is 20.1 Å². The average Bonchev–Trinajstić information content (AvgIpc) is 3.07. The third-order valence-corrected chi connectivity index (χ3v) is 4.18.